The molecule has 8 nitrogen and oxygen atoms in total. The molecule has 0 aromatic carbocycles. The standard InChI is InChI=1S/C14H15NO7/c1-4-19-13(18)15-12-10(21-8(2)16)11(17)14(3,22-12)9-6-5-7-20-9/h5-7H,4H2,1-3H3,(H,15,18). The summed E-state index contributed by atoms with van der Waals surface area (Å²) >= 11 is 0. The molecule has 0 saturated heterocycles. The smallest absolute Gasteiger partial charge is 0.414 e. The number of ketones is 1. The van der Waals surface area contributed by atoms with Crippen LogP contribution in [0.15, 0.2) is 34.5 Å². The Bertz CT molecular complexity index is 632. The molecule has 1 unspecified atom stereocenters. The van der Waals surface area contributed by atoms with E-state index in [9.17, 15) is 14.4 Å². The molecule has 2 rings (SSSR count). The van der Waals surface area contributed by atoms with Gasteiger partial charge in [0, 0.05) is 6.92 Å². The van der Waals surface area contributed by atoms with Crippen LogP contribution in [0.4, 0.5) is 4.79 Å². The zero-order chi connectivity index (χ0) is 16.3. The first kappa shape index (κ1) is 15.6. The van der Waals surface area contributed by atoms with Crippen LogP contribution in [0, 0.1) is 0 Å². The van der Waals surface area contributed by atoms with Gasteiger partial charge in [0.1, 0.15) is 0 Å². The van der Waals surface area contributed by atoms with Crippen molar-refractivity contribution in [2.24, 2.45) is 0 Å². The van der Waals surface area contributed by atoms with E-state index in [1.54, 1.807) is 13.0 Å². The second kappa shape index (κ2) is 5.92. The minimum atomic E-state index is -1.54. The van der Waals surface area contributed by atoms with Crippen molar-refractivity contribution in [2.45, 2.75) is 26.4 Å². The van der Waals surface area contributed by atoms with Crippen LogP contribution in [0.2, 0.25) is 0 Å². The van der Waals surface area contributed by atoms with Crippen molar-refractivity contribution in [1.29, 1.82) is 0 Å². The van der Waals surface area contributed by atoms with Crippen molar-refractivity contribution in [3.05, 3.63) is 35.8 Å². The molecule has 1 aliphatic rings. The lowest BCUT2D eigenvalue weighted by atomic mass is 9.98. The average molecular weight is 309 g/mol. The van der Waals surface area contributed by atoms with E-state index in [0.717, 1.165) is 6.92 Å². The number of rotatable bonds is 4. The number of nitrogens with one attached hydrogen (secondary N) is 1. The zero-order valence-corrected chi connectivity index (χ0v) is 12.3. The maximum Gasteiger partial charge on any atom is 0.414 e. The van der Waals surface area contributed by atoms with E-state index in [0.29, 0.717) is 0 Å². The highest BCUT2D eigenvalue weighted by Gasteiger charge is 2.52. The van der Waals surface area contributed by atoms with Crippen molar-refractivity contribution in [3.8, 4) is 0 Å². The molecule has 0 spiro atoms. The van der Waals surface area contributed by atoms with Crippen molar-refractivity contribution in [1.82, 2.24) is 5.32 Å². The van der Waals surface area contributed by atoms with E-state index >= 15 is 0 Å². The van der Waals surface area contributed by atoms with Crippen molar-refractivity contribution in [2.75, 3.05) is 6.61 Å². The van der Waals surface area contributed by atoms with Gasteiger partial charge in [-0.25, -0.2) is 4.79 Å². The summed E-state index contributed by atoms with van der Waals surface area (Å²) < 4.78 is 20.2. The highest BCUT2D eigenvalue weighted by atomic mass is 16.6. The number of carbonyl (C=O) groups is 3. The molecular weight excluding hydrogens is 294 g/mol. The molecule has 1 amide bonds. The van der Waals surface area contributed by atoms with E-state index in [4.69, 9.17) is 18.6 Å². The summed E-state index contributed by atoms with van der Waals surface area (Å²) in [6.07, 6.45) is 0.540. The number of alkyl carbamates (subject to hydrolysis) is 1. The van der Waals surface area contributed by atoms with Crippen molar-refractivity contribution in [3.63, 3.8) is 0 Å². The Hall–Kier alpha value is -2.77. The predicted molar refractivity (Wildman–Crippen MR) is 71.1 cm³/mol. The van der Waals surface area contributed by atoms with Crippen LogP contribution in [-0.4, -0.2) is 24.5 Å². The van der Waals surface area contributed by atoms with Gasteiger partial charge in [-0.2, -0.15) is 0 Å². The normalized spacial score (nSPS) is 20.6. The van der Waals surface area contributed by atoms with Gasteiger partial charge in [-0.1, -0.05) is 0 Å². The Morgan fingerprint density at radius 2 is 2.14 bits per heavy atom. The third-order valence-electron chi connectivity index (χ3n) is 2.88. The van der Waals surface area contributed by atoms with Crippen LogP contribution >= 0.6 is 0 Å². The number of esters is 1. The van der Waals surface area contributed by atoms with Gasteiger partial charge in [-0.15, -0.1) is 0 Å². The van der Waals surface area contributed by atoms with Crippen LogP contribution in [0.25, 0.3) is 0 Å². The number of hydrogen-bond donors (Lipinski definition) is 1. The number of Topliss-reactive ketones (excluding diaryl/α,β-unsaturated/α-hetero) is 1. The SMILES string of the molecule is CCOC(=O)NC1=C(OC(C)=O)C(=O)C(C)(c2ccco2)O1. The minimum absolute atomic E-state index is 0.130. The monoisotopic (exact) mass is 309 g/mol. The summed E-state index contributed by atoms with van der Waals surface area (Å²) in [6.45, 7) is 4.32. The lowest BCUT2D eigenvalue weighted by Crippen LogP contribution is -2.32. The molecular formula is C14H15NO7. The van der Waals surface area contributed by atoms with Gasteiger partial charge in [-0.3, -0.25) is 14.9 Å². The Balaban J connectivity index is 2.33. The fraction of sp³-hybridized carbons (Fsp3) is 0.357. The maximum absolute atomic E-state index is 12.5. The maximum atomic E-state index is 12.5. The van der Waals surface area contributed by atoms with Crippen LogP contribution in [-0.2, 0) is 29.4 Å². The molecule has 0 aliphatic carbocycles. The van der Waals surface area contributed by atoms with Crippen LogP contribution in [0.3, 0.4) is 0 Å². The van der Waals surface area contributed by atoms with Crippen LogP contribution < -0.4 is 5.32 Å². The Morgan fingerprint density at radius 1 is 1.41 bits per heavy atom. The first-order chi connectivity index (χ1) is 10.4. The van der Waals surface area contributed by atoms with Crippen molar-refractivity contribution >= 4 is 17.8 Å². The summed E-state index contributed by atoms with van der Waals surface area (Å²) in [5.41, 5.74) is -1.54. The lowest BCUT2D eigenvalue weighted by Gasteiger charge is -2.20. The highest BCUT2D eigenvalue weighted by Crippen LogP contribution is 2.38. The largest absolute Gasteiger partial charge is 0.465 e. The van der Waals surface area contributed by atoms with Gasteiger partial charge in [-0.05, 0) is 26.0 Å². The van der Waals surface area contributed by atoms with Gasteiger partial charge in [0.25, 0.3) is 5.78 Å². The Kier molecular flexibility index (Phi) is 4.20. The van der Waals surface area contributed by atoms with Gasteiger partial charge in [0.05, 0.1) is 12.9 Å². The fourth-order valence-corrected chi connectivity index (χ4v) is 1.91. The summed E-state index contributed by atoms with van der Waals surface area (Å²) in [6, 6.07) is 3.12. The van der Waals surface area contributed by atoms with Gasteiger partial charge in [0.2, 0.25) is 17.2 Å². The van der Waals surface area contributed by atoms with E-state index < -0.39 is 29.2 Å². The molecule has 118 valence electrons. The first-order valence-electron chi connectivity index (χ1n) is 6.52. The third-order valence-corrected chi connectivity index (χ3v) is 2.88. The van der Waals surface area contributed by atoms with Gasteiger partial charge in [0.15, 0.2) is 5.76 Å². The number of hydrogen-bond acceptors (Lipinski definition) is 7. The average Bonchev–Trinajstić information content (AvgIpc) is 3.03. The molecule has 1 aromatic heterocycles. The van der Waals surface area contributed by atoms with Crippen molar-refractivity contribution < 1.29 is 33.0 Å². The topological polar surface area (TPSA) is 104 Å². The van der Waals surface area contributed by atoms with Crippen LogP contribution in [0.1, 0.15) is 26.5 Å². The Morgan fingerprint density at radius 3 is 2.68 bits per heavy atom. The molecule has 1 aromatic rings. The summed E-state index contributed by atoms with van der Waals surface area (Å²) in [5, 5.41) is 2.24. The number of ether oxygens (including phenoxy) is 3. The molecule has 1 atom stereocenters. The zero-order valence-electron chi connectivity index (χ0n) is 12.3. The lowest BCUT2D eigenvalue weighted by molar-refractivity contribution is -0.142. The number of amides is 1. The minimum Gasteiger partial charge on any atom is -0.465 e. The molecule has 0 bridgehead atoms. The first-order valence-corrected chi connectivity index (χ1v) is 6.52. The number of carbonyl (C=O) groups excluding carboxylic acids is 3. The molecule has 1 aliphatic heterocycles. The van der Waals surface area contributed by atoms with E-state index in [-0.39, 0.29) is 18.3 Å². The number of furan rings is 1. The molecule has 0 saturated carbocycles. The molecule has 0 radical (unpaired) electrons. The second-order valence-electron chi connectivity index (χ2n) is 4.54. The van der Waals surface area contributed by atoms with E-state index in [1.807, 2.05) is 0 Å². The second-order valence-corrected chi connectivity index (χ2v) is 4.54. The summed E-state index contributed by atoms with van der Waals surface area (Å²) in [7, 11) is 0. The van der Waals surface area contributed by atoms with Gasteiger partial charge >= 0.3 is 12.1 Å². The third kappa shape index (κ3) is 2.80. The predicted octanol–water partition coefficient (Wildman–Crippen LogP) is 1.57. The Labute approximate surface area is 126 Å². The van der Waals surface area contributed by atoms with Crippen LogP contribution in [0.5, 0.6) is 0 Å². The quantitative estimate of drug-likeness (QED) is 0.842. The van der Waals surface area contributed by atoms with E-state index in [1.165, 1.54) is 19.3 Å². The highest BCUT2D eigenvalue weighted by molar-refractivity contribution is 6.04. The molecule has 1 N–H and O–H groups in total. The molecule has 8 heteroatoms. The van der Waals surface area contributed by atoms with Gasteiger partial charge < -0.3 is 18.6 Å². The summed E-state index contributed by atoms with van der Waals surface area (Å²) in [4.78, 5) is 35.2. The van der Waals surface area contributed by atoms with E-state index in [2.05, 4.69) is 5.32 Å². The molecule has 22 heavy (non-hydrogen) atoms. The summed E-state index contributed by atoms with van der Waals surface area (Å²) in [5.74, 6) is -1.86. The molecule has 0 fully saturated rings. The molecule has 2 heterocycles. The fourth-order valence-electron chi connectivity index (χ4n) is 1.91.